The van der Waals surface area contributed by atoms with Gasteiger partial charge in [-0.1, -0.05) is 66.7 Å². The molecule has 0 atom stereocenters. The molecular weight excluding hydrogens is 412 g/mol. The molecule has 0 spiro atoms. The zero-order valence-corrected chi connectivity index (χ0v) is 18.1. The Kier molecular flexibility index (Phi) is 5.87. The molecule has 1 heterocycles. The number of benzene rings is 4. The molecule has 5 heteroatoms. The number of carbonyl (C=O) groups excluding carboxylic acids is 1. The number of aliphatic hydroxyl groups excluding tert-OH is 1. The Balaban J connectivity index is 1.43. The van der Waals surface area contributed by atoms with Crippen LogP contribution in [0.1, 0.15) is 28.2 Å². The second-order valence-corrected chi connectivity index (χ2v) is 7.96. The highest BCUT2D eigenvalue weighted by Gasteiger charge is 2.14. The van der Waals surface area contributed by atoms with Crippen LogP contribution in [0.15, 0.2) is 91.0 Å². The first kappa shape index (κ1) is 20.9. The SMILES string of the molecule is O=C(c1ccccc1)c1cccc(OCc2nc3cc4ccccc4cc3n2CCCO)c1. The van der Waals surface area contributed by atoms with E-state index in [4.69, 9.17) is 9.72 Å². The van der Waals surface area contributed by atoms with E-state index in [2.05, 4.69) is 28.8 Å². The molecule has 0 saturated carbocycles. The third kappa shape index (κ3) is 4.36. The Morgan fingerprint density at radius 2 is 1.58 bits per heavy atom. The summed E-state index contributed by atoms with van der Waals surface area (Å²) in [4.78, 5) is 17.6. The van der Waals surface area contributed by atoms with Crippen molar-refractivity contribution in [1.82, 2.24) is 9.55 Å². The normalized spacial score (nSPS) is 11.2. The van der Waals surface area contributed by atoms with Crippen LogP contribution in [0.5, 0.6) is 5.75 Å². The maximum Gasteiger partial charge on any atom is 0.193 e. The van der Waals surface area contributed by atoms with Gasteiger partial charge in [-0.15, -0.1) is 0 Å². The lowest BCUT2D eigenvalue weighted by Gasteiger charge is -2.11. The molecule has 0 amide bonds. The minimum Gasteiger partial charge on any atom is -0.486 e. The van der Waals surface area contributed by atoms with E-state index in [1.807, 2.05) is 54.6 Å². The summed E-state index contributed by atoms with van der Waals surface area (Å²) in [5.74, 6) is 1.36. The highest BCUT2D eigenvalue weighted by molar-refractivity contribution is 6.09. The number of ketones is 1. The van der Waals surface area contributed by atoms with E-state index in [1.54, 1.807) is 12.1 Å². The number of carbonyl (C=O) groups is 1. The second-order valence-electron chi connectivity index (χ2n) is 7.96. The number of aryl methyl sites for hydroxylation is 1. The highest BCUT2D eigenvalue weighted by atomic mass is 16.5. The zero-order valence-electron chi connectivity index (χ0n) is 18.1. The van der Waals surface area contributed by atoms with Gasteiger partial charge in [-0.25, -0.2) is 4.98 Å². The third-order valence-electron chi connectivity index (χ3n) is 5.73. The number of ether oxygens (including phenoxy) is 1. The summed E-state index contributed by atoms with van der Waals surface area (Å²) >= 11 is 0. The number of aromatic nitrogens is 2. The molecule has 5 nitrogen and oxygen atoms in total. The van der Waals surface area contributed by atoms with Crippen molar-refractivity contribution < 1.29 is 14.6 Å². The fourth-order valence-electron chi connectivity index (χ4n) is 4.08. The first-order valence-electron chi connectivity index (χ1n) is 11.0. The van der Waals surface area contributed by atoms with Crippen LogP contribution in [0.2, 0.25) is 0 Å². The van der Waals surface area contributed by atoms with Crippen LogP contribution in [0, 0.1) is 0 Å². The number of hydrogen-bond acceptors (Lipinski definition) is 4. The van der Waals surface area contributed by atoms with Gasteiger partial charge in [0.15, 0.2) is 5.78 Å². The van der Waals surface area contributed by atoms with Crippen LogP contribution in [-0.2, 0) is 13.2 Å². The maximum absolute atomic E-state index is 12.8. The first-order chi connectivity index (χ1) is 16.2. The average molecular weight is 437 g/mol. The summed E-state index contributed by atoms with van der Waals surface area (Å²) in [5.41, 5.74) is 3.15. The molecule has 0 bridgehead atoms. The van der Waals surface area contributed by atoms with Crippen molar-refractivity contribution in [3.8, 4) is 5.75 Å². The zero-order chi connectivity index (χ0) is 22.6. The van der Waals surface area contributed by atoms with Crippen molar-refractivity contribution in [2.24, 2.45) is 0 Å². The van der Waals surface area contributed by atoms with Gasteiger partial charge in [-0.2, -0.15) is 0 Å². The van der Waals surface area contributed by atoms with Crippen molar-refractivity contribution in [2.75, 3.05) is 6.61 Å². The fourth-order valence-corrected chi connectivity index (χ4v) is 4.08. The summed E-state index contributed by atoms with van der Waals surface area (Å²) in [5, 5.41) is 11.7. The molecule has 0 aliphatic rings. The lowest BCUT2D eigenvalue weighted by molar-refractivity contribution is 0.103. The maximum atomic E-state index is 12.8. The summed E-state index contributed by atoms with van der Waals surface area (Å²) in [6.45, 7) is 1.02. The molecule has 5 rings (SSSR count). The molecule has 0 saturated heterocycles. The topological polar surface area (TPSA) is 64.3 Å². The number of rotatable bonds is 8. The highest BCUT2D eigenvalue weighted by Crippen LogP contribution is 2.25. The Labute approximate surface area is 191 Å². The lowest BCUT2D eigenvalue weighted by atomic mass is 10.0. The number of aliphatic hydroxyl groups is 1. The predicted molar refractivity (Wildman–Crippen MR) is 130 cm³/mol. The summed E-state index contributed by atoms with van der Waals surface area (Å²) in [7, 11) is 0. The van der Waals surface area contributed by atoms with Crippen molar-refractivity contribution in [3.05, 3.63) is 108 Å². The van der Waals surface area contributed by atoms with E-state index in [-0.39, 0.29) is 19.0 Å². The molecule has 0 unspecified atom stereocenters. The molecular formula is C28H24N2O3. The van der Waals surface area contributed by atoms with Crippen molar-refractivity contribution in [2.45, 2.75) is 19.6 Å². The van der Waals surface area contributed by atoms with Gasteiger partial charge in [0.2, 0.25) is 0 Å². The molecule has 0 fully saturated rings. The van der Waals surface area contributed by atoms with Crippen LogP contribution < -0.4 is 4.74 Å². The molecule has 33 heavy (non-hydrogen) atoms. The van der Waals surface area contributed by atoms with Gasteiger partial charge in [0.25, 0.3) is 0 Å². The van der Waals surface area contributed by atoms with Crippen molar-refractivity contribution in [3.63, 3.8) is 0 Å². The van der Waals surface area contributed by atoms with Gasteiger partial charge in [0.05, 0.1) is 11.0 Å². The molecule has 4 aromatic carbocycles. The van der Waals surface area contributed by atoms with E-state index in [9.17, 15) is 9.90 Å². The van der Waals surface area contributed by atoms with Crippen LogP contribution in [0.4, 0.5) is 0 Å². The molecule has 0 aliphatic carbocycles. The smallest absolute Gasteiger partial charge is 0.193 e. The van der Waals surface area contributed by atoms with E-state index < -0.39 is 0 Å². The van der Waals surface area contributed by atoms with Crippen LogP contribution >= 0.6 is 0 Å². The fraction of sp³-hybridized carbons (Fsp3) is 0.143. The van der Waals surface area contributed by atoms with E-state index >= 15 is 0 Å². The standard InChI is InChI=1S/C28H24N2O3/c31-15-7-14-30-26-18-22-11-5-4-10-21(22)17-25(26)29-27(30)19-33-24-13-6-12-23(16-24)28(32)20-8-2-1-3-9-20/h1-6,8-13,16-18,31H,7,14-15,19H2. The molecule has 1 N–H and O–H groups in total. The largest absolute Gasteiger partial charge is 0.486 e. The van der Waals surface area contributed by atoms with Gasteiger partial charge in [0.1, 0.15) is 18.2 Å². The van der Waals surface area contributed by atoms with Gasteiger partial charge in [0, 0.05) is 24.3 Å². The molecule has 0 aliphatic heterocycles. The molecule has 5 aromatic rings. The predicted octanol–water partition coefficient (Wildman–Crippen LogP) is 5.38. The third-order valence-corrected chi connectivity index (χ3v) is 5.73. The van der Waals surface area contributed by atoms with Gasteiger partial charge < -0.3 is 14.4 Å². The summed E-state index contributed by atoms with van der Waals surface area (Å²) in [6, 6.07) is 28.9. The Morgan fingerprint density at radius 1 is 0.848 bits per heavy atom. The number of hydrogen-bond donors (Lipinski definition) is 1. The van der Waals surface area contributed by atoms with Crippen molar-refractivity contribution in [1.29, 1.82) is 0 Å². The average Bonchev–Trinajstić information content (AvgIpc) is 3.21. The summed E-state index contributed by atoms with van der Waals surface area (Å²) in [6.07, 6.45) is 0.631. The van der Waals surface area contributed by atoms with Gasteiger partial charge in [-0.3, -0.25) is 4.79 Å². The Bertz CT molecular complexity index is 1420. The summed E-state index contributed by atoms with van der Waals surface area (Å²) < 4.78 is 8.18. The minimum absolute atomic E-state index is 0.0390. The monoisotopic (exact) mass is 436 g/mol. The van der Waals surface area contributed by atoms with Crippen LogP contribution in [0.3, 0.4) is 0 Å². The second kappa shape index (κ2) is 9.27. The van der Waals surface area contributed by atoms with Crippen LogP contribution in [0.25, 0.3) is 21.8 Å². The van der Waals surface area contributed by atoms with Crippen LogP contribution in [-0.4, -0.2) is 27.0 Å². The molecule has 1 aromatic heterocycles. The number of nitrogens with zero attached hydrogens (tertiary/aromatic N) is 2. The van der Waals surface area contributed by atoms with E-state index in [1.165, 1.54) is 0 Å². The van der Waals surface area contributed by atoms with E-state index in [0.29, 0.717) is 29.8 Å². The Hall–Kier alpha value is -3.96. The number of fused-ring (bicyclic) bond motifs is 2. The van der Waals surface area contributed by atoms with Gasteiger partial charge >= 0.3 is 0 Å². The minimum atomic E-state index is -0.0390. The lowest BCUT2D eigenvalue weighted by Crippen LogP contribution is -2.09. The Morgan fingerprint density at radius 3 is 2.36 bits per heavy atom. The van der Waals surface area contributed by atoms with E-state index in [0.717, 1.165) is 27.6 Å². The van der Waals surface area contributed by atoms with Gasteiger partial charge in [-0.05, 0) is 41.5 Å². The number of imidazole rings is 1. The molecule has 0 radical (unpaired) electrons. The quantitative estimate of drug-likeness (QED) is 0.332. The van der Waals surface area contributed by atoms with Crippen molar-refractivity contribution >= 4 is 27.6 Å². The molecule has 164 valence electrons. The first-order valence-corrected chi connectivity index (χ1v) is 11.0.